The first-order valence-corrected chi connectivity index (χ1v) is 13.6. The van der Waals surface area contributed by atoms with Gasteiger partial charge in [-0.2, -0.15) is 5.10 Å². The summed E-state index contributed by atoms with van der Waals surface area (Å²) in [6, 6.07) is 17.9. The van der Waals surface area contributed by atoms with E-state index in [-0.39, 0.29) is 22.1 Å². The first-order chi connectivity index (χ1) is 17.2. The van der Waals surface area contributed by atoms with Crippen LogP contribution in [0.25, 0.3) is 5.69 Å². The molecule has 1 N–H and O–H groups in total. The number of hydrogen-bond donors (Lipinski definition) is 1. The number of piperidine rings is 1. The first kappa shape index (κ1) is 24.7. The van der Waals surface area contributed by atoms with Crippen LogP contribution >= 0.6 is 0 Å². The minimum absolute atomic E-state index is 0.0123. The lowest BCUT2D eigenvalue weighted by atomic mass is 9.73. The van der Waals surface area contributed by atoms with Crippen LogP contribution in [-0.2, 0) is 17.4 Å². The molecule has 8 heteroatoms. The van der Waals surface area contributed by atoms with Gasteiger partial charge in [0.25, 0.3) is 5.91 Å². The molecule has 0 saturated carbocycles. The quantitative estimate of drug-likeness (QED) is 0.555. The molecule has 1 unspecified atom stereocenters. The SMILES string of the molecule is COc1cccc(-n2ccc(C(=O)N3CCC4(CC3)Cc3ccccc3[C@H]4NS(=O)C(C)(C)C)n2)c1. The van der Waals surface area contributed by atoms with E-state index in [4.69, 9.17) is 4.74 Å². The molecule has 1 fully saturated rings. The molecule has 2 atom stereocenters. The van der Waals surface area contributed by atoms with Gasteiger partial charge in [0, 0.05) is 25.4 Å². The third kappa shape index (κ3) is 4.60. The number of amides is 1. The van der Waals surface area contributed by atoms with Crippen molar-refractivity contribution in [3.05, 3.63) is 77.6 Å². The summed E-state index contributed by atoms with van der Waals surface area (Å²) < 4.78 is 23.2. The number of benzene rings is 2. The van der Waals surface area contributed by atoms with Crippen LogP contribution in [0.15, 0.2) is 60.8 Å². The fourth-order valence-electron chi connectivity index (χ4n) is 5.38. The number of carbonyl (C=O) groups excluding carboxylic acids is 1. The molecule has 1 aromatic heterocycles. The Labute approximate surface area is 215 Å². The van der Waals surface area contributed by atoms with Gasteiger partial charge in [-0.15, -0.1) is 0 Å². The minimum Gasteiger partial charge on any atom is -0.497 e. The average Bonchev–Trinajstić information content (AvgIpc) is 3.48. The minimum atomic E-state index is -1.18. The van der Waals surface area contributed by atoms with Crippen molar-refractivity contribution >= 4 is 16.9 Å². The normalized spacial score (nSPS) is 19.8. The number of aromatic nitrogens is 2. The van der Waals surface area contributed by atoms with E-state index in [9.17, 15) is 9.00 Å². The molecule has 1 aliphatic heterocycles. The topological polar surface area (TPSA) is 76.5 Å². The molecule has 1 amide bonds. The summed E-state index contributed by atoms with van der Waals surface area (Å²) in [6.07, 6.45) is 4.45. The molecule has 190 valence electrons. The Bertz CT molecular complexity index is 1290. The maximum Gasteiger partial charge on any atom is 0.274 e. The number of methoxy groups -OCH3 is 1. The van der Waals surface area contributed by atoms with Gasteiger partial charge in [0.2, 0.25) is 0 Å². The van der Waals surface area contributed by atoms with Crippen LogP contribution in [0.5, 0.6) is 5.75 Å². The summed E-state index contributed by atoms with van der Waals surface area (Å²) in [5.41, 5.74) is 3.79. The highest BCUT2D eigenvalue weighted by Crippen LogP contribution is 2.52. The molecule has 2 aliphatic rings. The lowest BCUT2D eigenvalue weighted by Gasteiger charge is -2.43. The Balaban J connectivity index is 1.32. The Morgan fingerprint density at radius 2 is 1.86 bits per heavy atom. The van der Waals surface area contributed by atoms with E-state index in [1.165, 1.54) is 11.1 Å². The van der Waals surface area contributed by atoms with Crippen molar-refractivity contribution in [2.75, 3.05) is 20.2 Å². The monoisotopic (exact) mass is 506 g/mol. The summed E-state index contributed by atoms with van der Waals surface area (Å²) in [6.45, 7) is 7.29. The van der Waals surface area contributed by atoms with Crippen molar-refractivity contribution in [2.45, 2.75) is 50.8 Å². The zero-order valence-electron chi connectivity index (χ0n) is 21.4. The second kappa shape index (κ2) is 9.48. The third-order valence-electron chi connectivity index (χ3n) is 7.47. The van der Waals surface area contributed by atoms with Crippen LogP contribution in [0.2, 0.25) is 0 Å². The highest BCUT2D eigenvalue weighted by molar-refractivity contribution is 7.84. The Morgan fingerprint density at radius 3 is 2.58 bits per heavy atom. The zero-order chi connectivity index (χ0) is 25.5. The van der Waals surface area contributed by atoms with Crippen LogP contribution in [0.4, 0.5) is 0 Å². The van der Waals surface area contributed by atoms with Gasteiger partial charge in [0.15, 0.2) is 5.69 Å². The van der Waals surface area contributed by atoms with Gasteiger partial charge < -0.3 is 9.64 Å². The van der Waals surface area contributed by atoms with Gasteiger partial charge in [-0.3, -0.25) is 4.79 Å². The van der Waals surface area contributed by atoms with Crippen LogP contribution in [0, 0.1) is 5.41 Å². The molecule has 1 spiro atoms. The van der Waals surface area contributed by atoms with Crippen molar-refractivity contribution in [1.29, 1.82) is 0 Å². The van der Waals surface area contributed by atoms with Crippen LogP contribution < -0.4 is 9.46 Å². The number of fused-ring (bicyclic) bond motifs is 1. The van der Waals surface area contributed by atoms with Crippen molar-refractivity contribution in [3.63, 3.8) is 0 Å². The molecule has 2 heterocycles. The maximum atomic E-state index is 13.3. The van der Waals surface area contributed by atoms with Crippen LogP contribution in [-0.4, -0.2) is 49.7 Å². The Hall–Kier alpha value is -2.97. The van der Waals surface area contributed by atoms with Gasteiger partial charge in [0.05, 0.1) is 34.6 Å². The lowest BCUT2D eigenvalue weighted by Crippen LogP contribution is -2.49. The van der Waals surface area contributed by atoms with E-state index in [2.05, 4.69) is 34.1 Å². The predicted octanol–water partition coefficient (Wildman–Crippen LogP) is 4.45. The van der Waals surface area contributed by atoms with E-state index in [0.29, 0.717) is 18.8 Å². The van der Waals surface area contributed by atoms with Gasteiger partial charge in [-0.25, -0.2) is 13.6 Å². The van der Waals surface area contributed by atoms with Gasteiger partial charge >= 0.3 is 0 Å². The molecule has 3 aromatic rings. The fourth-order valence-corrected chi connectivity index (χ4v) is 6.32. The molecular formula is C28H34N4O3S. The van der Waals surface area contributed by atoms with E-state index in [1.54, 1.807) is 17.9 Å². The number of likely N-dealkylation sites (tertiary alicyclic amines) is 1. The largest absolute Gasteiger partial charge is 0.497 e. The second-order valence-electron chi connectivity index (χ2n) is 10.8. The number of hydrogen-bond acceptors (Lipinski definition) is 4. The van der Waals surface area contributed by atoms with Crippen LogP contribution in [0.3, 0.4) is 0 Å². The lowest BCUT2D eigenvalue weighted by molar-refractivity contribution is 0.0522. The highest BCUT2D eigenvalue weighted by Gasteiger charge is 2.49. The number of ether oxygens (including phenoxy) is 1. The number of nitrogens with zero attached hydrogens (tertiary/aromatic N) is 3. The van der Waals surface area contributed by atoms with Crippen molar-refractivity contribution in [1.82, 2.24) is 19.4 Å². The van der Waals surface area contributed by atoms with Gasteiger partial charge in [-0.1, -0.05) is 30.3 Å². The predicted molar refractivity (Wildman–Crippen MR) is 142 cm³/mol. The molecule has 1 saturated heterocycles. The summed E-state index contributed by atoms with van der Waals surface area (Å²) in [7, 11) is 0.449. The first-order valence-electron chi connectivity index (χ1n) is 12.5. The van der Waals surface area contributed by atoms with E-state index < -0.39 is 11.0 Å². The van der Waals surface area contributed by atoms with E-state index in [1.807, 2.05) is 56.1 Å². The van der Waals surface area contributed by atoms with Gasteiger partial charge in [-0.05, 0) is 74.8 Å². The Morgan fingerprint density at radius 1 is 1.11 bits per heavy atom. The smallest absolute Gasteiger partial charge is 0.274 e. The fraction of sp³-hybridized carbons (Fsp3) is 0.429. The third-order valence-corrected chi connectivity index (χ3v) is 9.04. The maximum absolute atomic E-state index is 13.3. The molecular weight excluding hydrogens is 472 g/mol. The number of rotatable bonds is 5. The molecule has 7 nitrogen and oxygen atoms in total. The summed E-state index contributed by atoms with van der Waals surface area (Å²) in [5, 5.41) is 4.55. The summed E-state index contributed by atoms with van der Waals surface area (Å²) in [4.78, 5) is 15.2. The molecule has 0 radical (unpaired) electrons. The van der Waals surface area contributed by atoms with Crippen LogP contribution in [0.1, 0.15) is 61.3 Å². The second-order valence-corrected chi connectivity index (χ2v) is 12.8. The average molecular weight is 507 g/mol. The number of carbonyl (C=O) groups is 1. The molecule has 1 aliphatic carbocycles. The standard InChI is InChI=1S/C28H34N4O3S/c1-27(2,3)36(34)30-25-23-11-6-5-8-20(23)19-28(25)13-16-31(17-14-28)26(33)24-12-15-32(29-24)21-9-7-10-22(18-21)35-4/h5-12,15,18,25,30H,13-14,16-17,19H2,1-4H3/t25-,36?/m1/s1. The van der Waals surface area contributed by atoms with Crippen molar-refractivity contribution in [3.8, 4) is 11.4 Å². The highest BCUT2D eigenvalue weighted by atomic mass is 32.2. The zero-order valence-corrected chi connectivity index (χ0v) is 22.2. The summed E-state index contributed by atoms with van der Waals surface area (Å²) in [5.74, 6) is 0.690. The van der Waals surface area contributed by atoms with E-state index in [0.717, 1.165) is 30.7 Å². The Kier molecular flexibility index (Phi) is 6.51. The van der Waals surface area contributed by atoms with Crippen molar-refractivity contribution in [2.24, 2.45) is 5.41 Å². The molecule has 0 bridgehead atoms. The van der Waals surface area contributed by atoms with Crippen molar-refractivity contribution < 1.29 is 13.7 Å². The molecule has 2 aromatic carbocycles. The number of nitrogens with one attached hydrogen (secondary N) is 1. The summed E-state index contributed by atoms with van der Waals surface area (Å²) >= 11 is 0. The molecule has 5 rings (SSSR count). The van der Waals surface area contributed by atoms with E-state index >= 15 is 0 Å². The van der Waals surface area contributed by atoms with Gasteiger partial charge in [0.1, 0.15) is 5.75 Å². The molecule has 36 heavy (non-hydrogen) atoms.